The van der Waals surface area contributed by atoms with E-state index in [1.54, 1.807) is 0 Å². The van der Waals surface area contributed by atoms with Crippen molar-refractivity contribution in [1.82, 2.24) is 10.2 Å². The van der Waals surface area contributed by atoms with Crippen LogP contribution in [0.3, 0.4) is 0 Å². The molecule has 3 nitrogen and oxygen atoms in total. The fourth-order valence-corrected chi connectivity index (χ4v) is 3.16. The average Bonchev–Trinajstić information content (AvgIpc) is 2.70. The zero-order valence-electron chi connectivity index (χ0n) is 11.8. The summed E-state index contributed by atoms with van der Waals surface area (Å²) in [4.78, 5) is 14.1. The summed E-state index contributed by atoms with van der Waals surface area (Å²) in [5.41, 5.74) is 0.478. The van der Waals surface area contributed by atoms with Crippen LogP contribution in [0, 0.1) is 11.3 Å². The van der Waals surface area contributed by atoms with Crippen LogP contribution >= 0.6 is 0 Å². The highest BCUT2D eigenvalue weighted by Gasteiger charge is 2.49. The number of rotatable bonds is 4. The second kappa shape index (κ2) is 4.27. The fourth-order valence-electron chi connectivity index (χ4n) is 3.16. The van der Waals surface area contributed by atoms with Crippen molar-refractivity contribution in [2.45, 2.75) is 65.6 Å². The number of hydrogen-bond acceptors (Lipinski definition) is 2. The van der Waals surface area contributed by atoms with E-state index in [9.17, 15) is 4.79 Å². The summed E-state index contributed by atoms with van der Waals surface area (Å²) in [6.07, 6.45) is 2.25. The van der Waals surface area contributed by atoms with Gasteiger partial charge in [0, 0.05) is 18.6 Å². The minimum atomic E-state index is 0.0591. The van der Waals surface area contributed by atoms with Crippen LogP contribution in [0.2, 0.25) is 0 Å². The first-order valence-electron chi connectivity index (χ1n) is 6.89. The highest BCUT2D eigenvalue weighted by atomic mass is 16.2. The molecule has 17 heavy (non-hydrogen) atoms. The van der Waals surface area contributed by atoms with Crippen LogP contribution < -0.4 is 5.32 Å². The van der Waals surface area contributed by atoms with Gasteiger partial charge in [0.1, 0.15) is 0 Å². The molecule has 0 unspecified atom stereocenters. The fraction of sp³-hybridized carbons (Fsp3) is 0.929. The van der Waals surface area contributed by atoms with E-state index in [4.69, 9.17) is 0 Å². The monoisotopic (exact) mass is 238 g/mol. The molecule has 2 rings (SSSR count). The molecular formula is C14H26N2O. The van der Waals surface area contributed by atoms with Gasteiger partial charge in [-0.1, -0.05) is 13.8 Å². The number of carbonyl (C=O) groups excluding carboxylic acids is 1. The molecule has 3 atom stereocenters. The number of amides is 1. The molecule has 0 spiro atoms. The molecule has 0 aromatic rings. The third-order valence-electron chi connectivity index (χ3n) is 4.52. The average molecular weight is 238 g/mol. The Morgan fingerprint density at radius 1 is 1.35 bits per heavy atom. The zero-order chi connectivity index (χ0) is 12.8. The predicted octanol–water partition coefficient (Wildman–Crippen LogP) is 2.02. The van der Waals surface area contributed by atoms with Gasteiger partial charge in [-0.05, 0) is 44.9 Å². The van der Waals surface area contributed by atoms with Gasteiger partial charge in [-0.3, -0.25) is 4.79 Å². The molecule has 1 aliphatic heterocycles. The van der Waals surface area contributed by atoms with E-state index >= 15 is 0 Å². The van der Waals surface area contributed by atoms with E-state index in [1.165, 1.54) is 6.42 Å². The lowest BCUT2D eigenvalue weighted by Gasteiger charge is -2.23. The summed E-state index contributed by atoms with van der Waals surface area (Å²) in [6.45, 7) is 11.9. The van der Waals surface area contributed by atoms with Crippen LogP contribution in [-0.4, -0.2) is 35.5 Å². The Morgan fingerprint density at radius 2 is 1.94 bits per heavy atom. The Labute approximate surface area is 105 Å². The summed E-state index contributed by atoms with van der Waals surface area (Å²) in [6, 6.07) is 0.858. The van der Waals surface area contributed by atoms with Crippen LogP contribution in [0.4, 0.5) is 0 Å². The molecule has 1 aliphatic carbocycles. The molecule has 2 aliphatic rings. The molecule has 1 saturated heterocycles. The van der Waals surface area contributed by atoms with Crippen molar-refractivity contribution in [1.29, 1.82) is 0 Å². The Kier molecular flexibility index (Phi) is 3.23. The van der Waals surface area contributed by atoms with Gasteiger partial charge < -0.3 is 10.2 Å². The van der Waals surface area contributed by atoms with E-state index in [-0.39, 0.29) is 6.04 Å². The van der Waals surface area contributed by atoms with Crippen LogP contribution in [0.15, 0.2) is 0 Å². The van der Waals surface area contributed by atoms with Crippen molar-refractivity contribution in [3.8, 4) is 0 Å². The van der Waals surface area contributed by atoms with Crippen molar-refractivity contribution in [2.24, 2.45) is 11.3 Å². The number of likely N-dealkylation sites (tertiary alicyclic amines) is 1. The topological polar surface area (TPSA) is 32.3 Å². The highest BCUT2D eigenvalue weighted by Crippen LogP contribution is 2.53. The van der Waals surface area contributed by atoms with Crippen molar-refractivity contribution in [2.75, 3.05) is 6.54 Å². The highest BCUT2D eigenvalue weighted by molar-refractivity contribution is 5.84. The van der Waals surface area contributed by atoms with Crippen LogP contribution in [-0.2, 0) is 4.79 Å². The summed E-state index contributed by atoms with van der Waals surface area (Å²) in [7, 11) is 0. The minimum absolute atomic E-state index is 0.0591. The first-order chi connectivity index (χ1) is 7.83. The number of hydrogen-bond donors (Lipinski definition) is 1. The van der Waals surface area contributed by atoms with Gasteiger partial charge in [-0.25, -0.2) is 0 Å². The van der Waals surface area contributed by atoms with Crippen molar-refractivity contribution in [3.63, 3.8) is 0 Å². The van der Waals surface area contributed by atoms with E-state index in [2.05, 4.69) is 39.9 Å². The molecule has 3 heteroatoms. The van der Waals surface area contributed by atoms with Crippen LogP contribution in [0.5, 0.6) is 0 Å². The molecule has 0 aromatic heterocycles. The third-order valence-corrected chi connectivity index (χ3v) is 4.52. The van der Waals surface area contributed by atoms with Crippen LogP contribution in [0.25, 0.3) is 0 Å². The Bertz CT molecular complexity index is 311. The van der Waals surface area contributed by atoms with E-state index < -0.39 is 0 Å². The summed E-state index contributed by atoms with van der Waals surface area (Å²) >= 11 is 0. The molecule has 0 radical (unpaired) electrons. The number of carbonyl (C=O) groups is 1. The summed E-state index contributed by atoms with van der Waals surface area (Å²) in [5.74, 6) is 1.04. The lowest BCUT2D eigenvalue weighted by molar-refractivity contribution is -0.131. The maximum Gasteiger partial charge on any atom is 0.240 e. The SMILES string of the molecule is CC(C)N1CC[C@@H](N[C@@H](C)[C@@H]2CC2(C)C)C1=O. The second-order valence-electron chi connectivity index (χ2n) is 6.72. The number of nitrogens with zero attached hydrogens (tertiary/aromatic N) is 1. The van der Waals surface area contributed by atoms with Gasteiger partial charge in [0.2, 0.25) is 5.91 Å². The third kappa shape index (κ3) is 2.49. The van der Waals surface area contributed by atoms with Gasteiger partial charge >= 0.3 is 0 Å². The maximum absolute atomic E-state index is 12.2. The quantitative estimate of drug-likeness (QED) is 0.812. The summed E-state index contributed by atoms with van der Waals surface area (Å²) < 4.78 is 0. The van der Waals surface area contributed by atoms with Crippen LogP contribution in [0.1, 0.15) is 47.5 Å². The molecule has 1 amide bonds. The van der Waals surface area contributed by atoms with E-state index in [1.807, 2.05) is 4.90 Å². The van der Waals surface area contributed by atoms with Gasteiger partial charge in [0.05, 0.1) is 6.04 Å². The molecule has 2 fully saturated rings. The maximum atomic E-state index is 12.2. The minimum Gasteiger partial charge on any atom is -0.339 e. The molecule has 0 bridgehead atoms. The number of nitrogens with one attached hydrogen (secondary N) is 1. The van der Waals surface area contributed by atoms with Crippen molar-refractivity contribution in [3.05, 3.63) is 0 Å². The second-order valence-corrected chi connectivity index (χ2v) is 6.72. The largest absolute Gasteiger partial charge is 0.339 e. The molecule has 1 N–H and O–H groups in total. The molecular weight excluding hydrogens is 212 g/mol. The molecule has 1 saturated carbocycles. The summed E-state index contributed by atoms with van der Waals surface area (Å²) in [5, 5.41) is 3.54. The van der Waals surface area contributed by atoms with E-state index in [0.29, 0.717) is 23.4 Å². The smallest absolute Gasteiger partial charge is 0.240 e. The molecule has 0 aromatic carbocycles. The van der Waals surface area contributed by atoms with Crippen molar-refractivity contribution < 1.29 is 4.79 Å². The van der Waals surface area contributed by atoms with Gasteiger partial charge in [0.15, 0.2) is 0 Å². The lowest BCUT2D eigenvalue weighted by Crippen LogP contribution is -2.45. The van der Waals surface area contributed by atoms with Gasteiger partial charge in [-0.15, -0.1) is 0 Å². The molecule has 98 valence electrons. The predicted molar refractivity (Wildman–Crippen MR) is 69.7 cm³/mol. The molecule has 1 heterocycles. The van der Waals surface area contributed by atoms with Gasteiger partial charge in [-0.2, -0.15) is 0 Å². The Hall–Kier alpha value is -0.570. The lowest BCUT2D eigenvalue weighted by atomic mass is 10.0. The van der Waals surface area contributed by atoms with Gasteiger partial charge in [0.25, 0.3) is 0 Å². The zero-order valence-corrected chi connectivity index (χ0v) is 11.8. The van der Waals surface area contributed by atoms with Crippen molar-refractivity contribution >= 4 is 5.91 Å². The normalized spacial score (nSPS) is 33.3. The standard InChI is InChI=1S/C14H26N2O/c1-9(2)16-7-6-12(13(16)17)15-10(3)11-8-14(11,4)5/h9-12,15H,6-8H2,1-5H3/t10-,11-,12+/m0/s1. The first kappa shape index (κ1) is 12.9. The first-order valence-corrected chi connectivity index (χ1v) is 6.89. The van der Waals surface area contributed by atoms with E-state index in [0.717, 1.165) is 18.9 Å². The Balaban J connectivity index is 1.87. The Morgan fingerprint density at radius 3 is 2.35 bits per heavy atom.